The van der Waals surface area contributed by atoms with E-state index in [4.69, 9.17) is 10.8 Å². The second-order valence-electron chi connectivity index (χ2n) is 8.88. The number of hydrogen-bond acceptors (Lipinski definition) is 8. The van der Waals surface area contributed by atoms with Crippen molar-refractivity contribution in [3.8, 4) is 5.75 Å². The molecular formula is C24H36N4O8S. The molecule has 206 valence electrons. The summed E-state index contributed by atoms with van der Waals surface area (Å²) >= 11 is 1.52. The van der Waals surface area contributed by atoms with Crippen molar-refractivity contribution in [3.05, 3.63) is 29.8 Å². The van der Waals surface area contributed by atoms with Gasteiger partial charge in [0.05, 0.1) is 6.04 Å². The summed E-state index contributed by atoms with van der Waals surface area (Å²) in [5, 5.41) is 35.2. The van der Waals surface area contributed by atoms with Crippen LogP contribution in [0, 0.1) is 5.92 Å². The Balaban J connectivity index is 3.07. The number of carbonyl (C=O) groups is 5. The molecule has 1 rings (SSSR count). The van der Waals surface area contributed by atoms with Crippen LogP contribution in [0.15, 0.2) is 24.3 Å². The third kappa shape index (κ3) is 11.5. The number of nitrogens with two attached hydrogens (primary N) is 1. The number of phenolic OH excluding ortho intramolecular Hbond substituents is 1. The first kappa shape index (κ1) is 31.7. The van der Waals surface area contributed by atoms with Crippen molar-refractivity contribution in [2.24, 2.45) is 11.7 Å². The summed E-state index contributed by atoms with van der Waals surface area (Å²) in [7, 11) is 0. The fourth-order valence-corrected chi connectivity index (χ4v) is 3.80. The van der Waals surface area contributed by atoms with Gasteiger partial charge in [-0.05, 0) is 48.5 Å². The molecule has 1 aromatic rings. The average Bonchev–Trinajstić information content (AvgIpc) is 2.83. The fourth-order valence-electron chi connectivity index (χ4n) is 3.31. The highest BCUT2D eigenvalue weighted by molar-refractivity contribution is 7.98. The van der Waals surface area contributed by atoms with Crippen LogP contribution < -0.4 is 21.7 Å². The van der Waals surface area contributed by atoms with Crippen LogP contribution in [0.3, 0.4) is 0 Å². The lowest BCUT2D eigenvalue weighted by atomic mass is 10.00. The fraction of sp³-hybridized carbons (Fsp3) is 0.542. The lowest BCUT2D eigenvalue weighted by Gasteiger charge is -2.27. The molecule has 4 unspecified atom stereocenters. The zero-order valence-corrected chi connectivity index (χ0v) is 21.9. The number of carboxylic acid groups (broad SMARTS) is 2. The van der Waals surface area contributed by atoms with Gasteiger partial charge in [0, 0.05) is 12.8 Å². The Kier molecular flexibility index (Phi) is 13.5. The van der Waals surface area contributed by atoms with Gasteiger partial charge in [0.1, 0.15) is 23.9 Å². The number of nitrogens with one attached hydrogen (secondary N) is 3. The van der Waals surface area contributed by atoms with E-state index in [0.29, 0.717) is 17.7 Å². The standard InChI is InChI=1S/C24H36N4O8S/c1-13(2)20(23(34)26-17(24(35)36)8-9-19(30)31)28-22(33)18(12-14-4-6-15(29)7-5-14)27-21(32)16(25)10-11-37-3/h4-7,13,16-18,20,29H,8-12,25H2,1-3H3,(H,26,34)(H,27,32)(H,28,33)(H,30,31)(H,35,36). The van der Waals surface area contributed by atoms with Crippen molar-refractivity contribution in [2.45, 2.75) is 63.7 Å². The smallest absolute Gasteiger partial charge is 0.326 e. The molecule has 0 aromatic heterocycles. The number of phenols is 1. The highest BCUT2D eigenvalue weighted by Gasteiger charge is 2.32. The van der Waals surface area contributed by atoms with E-state index in [1.54, 1.807) is 26.0 Å². The molecule has 0 radical (unpaired) electrons. The number of carbonyl (C=O) groups excluding carboxylic acids is 3. The molecule has 4 atom stereocenters. The first-order chi connectivity index (χ1) is 17.3. The van der Waals surface area contributed by atoms with Gasteiger partial charge in [0.2, 0.25) is 17.7 Å². The summed E-state index contributed by atoms with van der Waals surface area (Å²) in [4.78, 5) is 61.1. The number of carboxylic acids is 2. The number of amides is 3. The average molecular weight is 541 g/mol. The lowest BCUT2D eigenvalue weighted by Crippen LogP contribution is -2.59. The van der Waals surface area contributed by atoms with E-state index in [1.807, 2.05) is 6.26 Å². The van der Waals surface area contributed by atoms with Gasteiger partial charge in [-0.15, -0.1) is 0 Å². The van der Waals surface area contributed by atoms with Gasteiger partial charge in [-0.1, -0.05) is 26.0 Å². The molecule has 0 aliphatic heterocycles. The number of aliphatic carboxylic acids is 2. The molecule has 1 aromatic carbocycles. The Morgan fingerprint density at radius 2 is 1.49 bits per heavy atom. The first-order valence-corrected chi connectivity index (χ1v) is 13.1. The Morgan fingerprint density at radius 3 is 2.00 bits per heavy atom. The Hall–Kier alpha value is -3.32. The largest absolute Gasteiger partial charge is 0.508 e. The van der Waals surface area contributed by atoms with Crippen LogP contribution in [0.25, 0.3) is 0 Å². The van der Waals surface area contributed by atoms with E-state index in [9.17, 15) is 34.2 Å². The maximum Gasteiger partial charge on any atom is 0.326 e. The molecule has 0 spiro atoms. The minimum atomic E-state index is -1.45. The third-order valence-electron chi connectivity index (χ3n) is 5.49. The van der Waals surface area contributed by atoms with Crippen LogP contribution in [0.1, 0.15) is 38.7 Å². The minimum Gasteiger partial charge on any atom is -0.508 e. The zero-order chi connectivity index (χ0) is 28.1. The normalized spacial score (nSPS) is 14.2. The molecule has 0 aliphatic carbocycles. The van der Waals surface area contributed by atoms with Gasteiger partial charge in [0.25, 0.3) is 0 Å². The van der Waals surface area contributed by atoms with E-state index in [0.717, 1.165) is 0 Å². The molecule has 0 heterocycles. The number of aromatic hydroxyl groups is 1. The highest BCUT2D eigenvalue weighted by atomic mass is 32.2. The number of rotatable bonds is 16. The molecule has 37 heavy (non-hydrogen) atoms. The van der Waals surface area contributed by atoms with Gasteiger partial charge in [-0.25, -0.2) is 4.79 Å². The van der Waals surface area contributed by atoms with Crippen molar-refractivity contribution in [2.75, 3.05) is 12.0 Å². The van der Waals surface area contributed by atoms with Crippen LogP contribution >= 0.6 is 11.8 Å². The monoisotopic (exact) mass is 540 g/mol. The zero-order valence-electron chi connectivity index (χ0n) is 21.1. The quantitative estimate of drug-likeness (QED) is 0.150. The Labute approximate surface area is 219 Å². The molecular weight excluding hydrogens is 504 g/mol. The van der Waals surface area contributed by atoms with Gasteiger partial charge >= 0.3 is 11.9 Å². The molecule has 0 bridgehead atoms. The summed E-state index contributed by atoms with van der Waals surface area (Å²) < 4.78 is 0. The van der Waals surface area contributed by atoms with E-state index in [1.165, 1.54) is 23.9 Å². The summed E-state index contributed by atoms with van der Waals surface area (Å²) in [6.45, 7) is 3.28. The van der Waals surface area contributed by atoms with Crippen LogP contribution in [0.2, 0.25) is 0 Å². The molecule has 3 amide bonds. The van der Waals surface area contributed by atoms with Crippen molar-refractivity contribution in [1.82, 2.24) is 16.0 Å². The van der Waals surface area contributed by atoms with Crippen molar-refractivity contribution < 1.29 is 39.3 Å². The van der Waals surface area contributed by atoms with Crippen molar-refractivity contribution in [1.29, 1.82) is 0 Å². The van der Waals surface area contributed by atoms with Crippen LogP contribution in [0.5, 0.6) is 5.75 Å². The molecule has 8 N–H and O–H groups in total. The van der Waals surface area contributed by atoms with E-state index < -0.39 is 66.2 Å². The molecule has 12 nitrogen and oxygen atoms in total. The number of thioether (sulfide) groups is 1. The predicted molar refractivity (Wildman–Crippen MR) is 138 cm³/mol. The molecule has 0 fully saturated rings. The highest BCUT2D eigenvalue weighted by Crippen LogP contribution is 2.13. The summed E-state index contributed by atoms with van der Waals surface area (Å²) in [5.74, 6) is -4.44. The molecule has 0 saturated heterocycles. The SMILES string of the molecule is CSCCC(N)C(=O)NC(Cc1ccc(O)cc1)C(=O)NC(C(=O)NC(CCC(=O)O)C(=O)O)C(C)C. The van der Waals surface area contributed by atoms with Gasteiger partial charge < -0.3 is 37.0 Å². The Bertz CT molecular complexity index is 941. The van der Waals surface area contributed by atoms with Gasteiger partial charge in [-0.3, -0.25) is 19.2 Å². The summed E-state index contributed by atoms with van der Waals surface area (Å²) in [6, 6.07) is 1.45. The summed E-state index contributed by atoms with van der Waals surface area (Å²) in [5.41, 5.74) is 6.57. The minimum absolute atomic E-state index is 0.0281. The second-order valence-corrected chi connectivity index (χ2v) is 9.87. The third-order valence-corrected chi connectivity index (χ3v) is 6.13. The van der Waals surface area contributed by atoms with Gasteiger partial charge in [-0.2, -0.15) is 11.8 Å². The van der Waals surface area contributed by atoms with E-state index in [-0.39, 0.29) is 18.6 Å². The van der Waals surface area contributed by atoms with Crippen LogP contribution in [-0.4, -0.2) is 81.2 Å². The predicted octanol–water partition coefficient (Wildman–Crippen LogP) is 0.0749. The Morgan fingerprint density at radius 1 is 0.892 bits per heavy atom. The maximum atomic E-state index is 13.2. The first-order valence-electron chi connectivity index (χ1n) is 11.7. The van der Waals surface area contributed by atoms with E-state index in [2.05, 4.69) is 16.0 Å². The van der Waals surface area contributed by atoms with Crippen LogP contribution in [0.4, 0.5) is 0 Å². The number of hydrogen-bond donors (Lipinski definition) is 7. The topological polar surface area (TPSA) is 208 Å². The molecule has 0 saturated carbocycles. The summed E-state index contributed by atoms with van der Waals surface area (Å²) in [6.07, 6.45) is 1.51. The van der Waals surface area contributed by atoms with Crippen molar-refractivity contribution >= 4 is 41.4 Å². The molecule has 0 aliphatic rings. The van der Waals surface area contributed by atoms with Gasteiger partial charge in [0.15, 0.2) is 0 Å². The number of benzene rings is 1. The second kappa shape index (κ2) is 15.7. The maximum absolute atomic E-state index is 13.2. The van der Waals surface area contributed by atoms with Crippen LogP contribution in [-0.2, 0) is 30.4 Å². The van der Waals surface area contributed by atoms with E-state index >= 15 is 0 Å². The van der Waals surface area contributed by atoms with Crippen molar-refractivity contribution in [3.63, 3.8) is 0 Å². The molecule has 13 heteroatoms. The lowest BCUT2D eigenvalue weighted by molar-refractivity contribution is -0.143.